The molecule has 0 saturated carbocycles. The lowest BCUT2D eigenvalue weighted by Crippen LogP contribution is -2.52. The summed E-state index contributed by atoms with van der Waals surface area (Å²) in [5, 5.41) is 4.23. The molecule has 1 N–H and O–H groups in total. The van der Waals surface area contributed by atoms with E-state index in [1.165, 1.54) is 43.3 Å². The molecule has 4 aromatic carbocycles. The van der Waals surface area contributed by atoms with Crippen molar-refractivity contribution in [2.24, 2.45) is 0 Å². The molecule has 7 nitrogen and oxygen atoms in total. The van der Waals surface area contributed by atoms with Gasteiger partial charge in [0.1, 0.15) is 11.9 Å². The summed E-state index contributed by atoms with van der Waals surface area (Å²) in [6, 6.07) is 26.3. The van der Waals surface area contributed by atoms with E-state index in [0.29, 0.717) is 0 Å². The first-order chi connectivity index (χ1) is 18.7. The van der Waals surface area contributed by atoms with Gasteiger partial charge in [-0.1, -0.05) is 78.9 Å². The highest BCUT2D eigenvalue weighted by molar-refractivity contribution is 7.89. The van der Waals surface area contributed by atoms with Crippen LogP contribution in [0.5, 0.6) is 0 Å². The molecule has 0 radical (unpaired) electrons. The zero-order valence-corrected chi connectivity index (χ0v) is 22.6. The van der Waals surface area contributed by atoms with Gasteiger partial charge >= 0.3 is 0 Å². The minimum Gasteiger partial charge on any atom is -0.357 e. The third-order valence-electron chi connectivity index (χ3n) is 6.60. The van der Waals surface area contributed by atoms with Crippen LogP contribution >= 0.6 is 0 Å². The molecule has 0 heterocycles. The second kappa shape index (κ2) is 12.2. The molecule has 0 aliphatic rings. The smallest absolute Gasteiger partial charge is 0.243 e. The molecule has 2 amide bonds. The molecule has 9 heteroatoms. The topological polar surface area (TPSA) is 86.8 Å². The first-order valence-electron chi connectivity index (χ1n) is 12.4. The van der Waals surface area contributed by atoms with Gasteiger partial charge in [0, 0.05) is 32.6 Å². The van der Waals surface area contributed by atoms with Crippen molar-refractivity contribution in [3.05, 3.63) is 114 Å². The summed E-state index contributed by atoms with van der Waals surface area (Å²) in [5.41, 5.74) is 1.02. The quantitative estimate of drug-likeness (QED) is 0.325. The van der Waals surface area contributed by atoms with Crippen molar-refractivity contribution in [2.45, 2.75) is 23.9 Å². The number of benzene rings is 4. The predicted molar refractivity (Wildman–Crippen MR) is 149 cm³/mol. The second-order valence-electron chi connectivity index (χ2n) is 9.20. The van der Waals surface area contributed by atoms with Crippen LogP contribution in [0.4, 0.5) is 4.39 Å². The lowest BCUT2D eigenvalue weighted by Gasteiger charge is -2.32. The Morgan fingerprint density at radius 1 is 0.872 bits per heavy atom. The van der Waals surface area contributed by atoms with Crippen LogP contribution in [-0.4, -0.2) is 56.1 Å². The normalized spacial score (nSPS) is 12.3. The first kappa shape index (κ1) is 27.9. The molecule has 0 aromatic heterocycles. The number of carbonyl (C=O) groups excluding carboxylic acids is 2. The van der Waals surface area contributed by atoms with Gasteiger partial charge in [-0.2, -0.15) is 4.31 Å². The number of carbonyl (C=O) groups is 2. The van der Waals surface area contributed by atoms with Crippen LogP contribution in [-0.2, 0) is 32.6 Å². The van der Waals surface area contributed by atoms with E-state index in [0.717, 1.165) is 20.6 Å². The summed E-state index contributed by atoms with van der Waals surface area (Å²) in [4.78, 5) is 28.1. The van der Waals surface area contributed by atoms with E-state index in [4.69, 9.17) is 0 Å². The monoisotopic (exact) mass is 547 g/mol. The molecule has 39 heavy (non-hydrogen) atoms. The molecule has 202 valence electrons. The fourth-order valence-corrected chi connectivity index (χ4v) is 5.56. The Balaban J connectivity index is 1.66. The van der Waals surface area contributed by atoms with E-state index in [-0.39, 0.29) is 23.4 Å². The number of halogens is 1. The van der Waals surface area contributed by atoms with Gasteiger partial charge in [0.25, 0.3) is 0 Å². The minimum atomic E-state index is -4.04. The Labute approximate surface area is 227 Å². The van der Waals surface area contributed by atoms with Crippen molar-refractivity contribution in [3.63, 3.8) is 0 Å². The summed E-state index contributed by atoms with van der Waals surface area (Å²) >= 11 is 0. The molecule has 0 saturated heterocycles. The Morgan fingerprint density at radius 2 is 1.51 bits per heavy atom. The molecule has 0 aliphatic carbocycles. The Bertz CT molecular complexity index is 1580. The number of likely N-dealkylation sites (N-methyl/N-ethyl adjacent to an activating group) is 2. The standard InChI is InChI=1S/C30H30FN3O4S/c1-32-30(36)28(18-22-10-4-3-5-11-22)34(20-25-14-8-9-15-27(25)31)29(35)21-33(2)39(37,38)26-17-16-23-12-6-7-13-24(23)19-26/h3-17,19,28H,18,20-21H2,1-2H3,(H,32,36)/t28-/m0/s1. The number of hydrogen-bond acceptors (Lipinski definition) is 4. The molecule has 0 bridgehead atoms. The van der Waals surface area contributed by atoms with Crippen LogP contribution < -0.4 is 5.32 Å². The molecule has 0 fully saturated rings. The van der Waals surface area contributed by atoms with Crippen LogP contribution in [0.15, 0.2) is 102 Å². The molecule has 4 rings (SSSR count). The molecule has 4 aromatic rings. The Hall–Kier alpha value is -4.08. The maximum atomic E-state index is 14.6. The highest BCUT2D eigenvalue weighted by Gasteiger charge is 2.33. The maximum Gasteiger partial charge on any atom is 0.243 e. The number of amides is 2. The number of fused-ring (bicyclic) bond motifs is 1. The van der Waals surface area contributed by atoms with Crippen molar-refractivity contribution < 1.29 is 22.4 Å². The van der Waals surface area contributed by atoms with E-state index >= 15 is 0 Å². The van der Waals surface area contributed by atoms with Crippen molar-refractivity contribution in [1.29, 1.82) is 0 Å². The van der Waals surface area contributed by atoms with Gasteiger partial charge in [0.05, 0.1) is 11.4 Å². The van der Waals surface area contributed by atoms with Crippen LogP contribution in [0.2, 0.25) is 0 Å². The molecule has 1 atom stereocenters. The Morgan fingerprint density at radius 3 is 2.21 bits per heavy atom. The number of rotatable bonds is 10. The average Bonchev–Trinajstić information content (AvgIpc) is 2.95. The van der Waals surface area contributed by atoms with Crippen molar-refractivity contribution in [3.8, 4) is 0 Å². The zero-order chi connectivity index (χ0) is 28.0. The molecule has 0 spiro atoms. The molecule has 0 aliphatic heterocycles. The SMILES string of the molecule is CNC(=O)[C@H](Cc1ccccc1)N(Cc1ccccc1F)C(=O)CN(C)S(=O)(=O)c1ccc2ccccc2c1. The van der Waals surface area contributed by atoms with E-state index in [1.807, 2.05) is 54.6 Å². The second-order valence-corrected chi connectivity index (χ2v) is 11.2. The summed E-state index contributed by atoms with van der Waals surface area (Å²) in [6.45, 7) is -0.744. The van der Waals surface area contributed by atoms with Crippen molar-refractivity contribution in [2.75, 3.05) is 20.6 Å². The fraction of sp³-hybridized carbons (Fsp3) is 0.200. The van der Waals surface area contributed by atoms with Crippen molar-refractivity contribution in [1.82, 2.24) is 14.5 Å². The van der Waals surface area contributed by atoms with Crippen LogP contribution in [0, 0.1) is 5.82 Å². The van der Waals surface area contributed by atoms with E-state index in [2.05, 4.69) is 5.32 Å². The summed E-state index contributed by atoms with van der Waals surface area (Å²) in [6.07, 6.45) is 0.168. The van der Waals surface area contributed by atoms with Crippen LogP contribution in [0.1, 0.15) is 11.1 Å². The number of hydrogen-bond donors (Lipinski definition) is 1. The van der Waals surface area contributed by atoms with E-state index in [9.17, 15) is 22.4 Å². The third-order valence-corrected chi connectivity index (χ3v) is 8.40. The van der Waals surface area contributed by atoms with Gasteiger partial charge in [-0.3, -0.25) is 9.59 Å². The summed E-state index contributed by atoms with van der Waals surface area (Å²) in [5.74, 6) is -1.60. The fourth-order valence-electron chi connectivity index (χ4n) is 4.40. The number of nitrogens with zero attached hydrogens (tertiary/aromatic N) is 2. The van der Waals surface area contributed by atoms with E-state index < -0.39 is 40.2 Å². The van der Waals surface area contributed by atoms with Crippen LogP contribution in [0.3, 0.4) is 0 Å². The average molecular weight is 548 g/mol. The minimum absolute atomic E-state index is 0.0456. The predicted octanol–water partition coefficient (Wildman–Crippen LogP) is 3.99. The van der Waals surface area contributed by atoms with Gasteiger partial charge in [0.15, 0.2) is 0 Å². The summed E-state index contributed by atoms with van der Waals surface area (Å²) < 4.78 is 42.4. The molecular formula is C30H30FN3O4S. The third kappa shape index (κ3) is 6.50. The largest absolute Gasteiger partial charge is 0.357 e. The number of sulfonamides is 1. The highest BCUT2D eigenvalue weighted by Crippen LogP contribution is 2.22. The van der Waals surface area contributed by atoms with Crippen molar-refractivity contribution >= 4 is 32.6 Å². The van der Waals surface area contributed by atoms with Gasteiger partial charge in [-0.05, 0) is 34.5 Å². The van der Waals surface area contributed by atoms with Gasteiger partial charge in [-0.25, -0.2) is 12.8 Å². The van der Waals surface area contributed by atoms with E-state index in [1.54, 1.807) is 18.2 Å². The lowest BCUT2D eigenvalue weighted by molar-refractivity contribution is -0.141. The van der Waals surface area contributed by atoms with Crippen LogP contribution in [0.25, 0.3) is 10.8 Å². The van der Waals surface area contributed by atoms with Gasteiger partial charge < -0.3 is 10.2 Å². The number of nitrogens with one attached hydrogen (secondary N) is 1. The molecule has 0 unspecified atom stereocenters. The first-order valence-corrected chi connectivity index (χ1v) is 13.9. The molecular weight excluding hydrogens is 517 g/mol. The maximum absolute atomic E-state index is 14.6. The van der Waals surface area contributed by atoms with Gasteiger partial charge in [-0.15, -0.1) is 0 Å². The van der Waals surface area contributed by atoms with Gasteiger partial charge in [0.2, 0.25) is 21.8 Å². The zero-order valence-electron chi connectivity index (χ0n) is 21.7. The highest BCUT2D eigenvalue weighted by atomic mass is 32.2. The summed E-state index contributed by atoms with van der Waals surface area (Å²) in [7, 11) is -1.26. The lowest BCUT2D eigenvalue weighted by atomic mass is 10.0. The Kier molecular flexibility index (Phi) is 8.73.